The predicted molar refractivity (Wildman–Crippen MR) is 212 cm³/mol. The first-order valence-electron chi connectivity index (χ1n) is 17.3. The van der Waals surface area contributed by atoms with E-state index in [1.165, 1.54) is 38.1 Å². The lowest BCUT2D eigenvalue weighted by molar-refractivity contribution is 1.17. The lowest BCUT2D eigenvalue weighted by Gasteiger charge is -2.12. The van der Waals surface area contributed by atoms with Crippen molar-refractivity contribution in [2.24, 2.45) is 0 Å². The van der Waals surface area contributed by atoms with Crippen LogP contribution in [0.2, 0.25) is 0 Å². The van der Waals surface area contributed by atoms with Crippen molar-refractivity contribution in [1.82, 2.24) is 19.1 Å². The maximum atomic E-state index is 9.36. The highest BCUT2D eigenvalue weighted by Gasteiger charge is 2.21. The number of nitriles is 1. The molecule has 0 amide bonds. The van der Waals surface area contributed by atoms with Gasteiger partial charge in [0.1, 0.15) is 0 Å². The van der Waals surface area contributed by atoms with E-state index in [2.05, 4.69) is 130 Å². The number of rotatable bonds is 5. The third-order valence-electron chi connectivity index (χ3n) is 9.97. The van der Waals surface area contributed by atoms with Gasteiger partial charge in [-0.25, -0.2) is 9.97 Å². The Hall–Kier alpha value is -7.29. The van der Waals surface area contributed by atoms with Crippen molar-refractivity contribution in [3.63, 3.8) is 0 Å². The number of aromatic nitrogens is 4. The Morgan fingerprint density at radius 3 is 1.65 bits per heavy atom. The molecule has 0 aliphatic rings. The predicted octanol–water partition coefficient (Wildman–Crippen LogP) is 11.5. The van der Waals surface area contributed by atoms with Gasteiger partial charge in [0.05, 0.1) is 45.1 Å². The van der Waals surface area contributed by atoms with Crippen LogP contribution in [-0.2, 0) is 0 Å². The second-order valence-electron chi connectivity index (χ2n) is 13.0. The van der Waals surface area contributed by atoms with Gasteiger partial charge >= 0.3 is 0 Å². The van der Waals surface area contributed by atoms with Gasteiger partial charge in [0.2, 0.25) is 0 Å². The molecule has 0 aliphatic heterocycles. The molecule has 0 atom stereocenters. The highest BCUT2D eigenvalue weighted by atomic mass is 15.0. The van der Waals surface area contributed by atoms with E-state index in [4.69, 9.17) is 9.97 Å². The molecule has 0 saturated carbocycles. The summed E-state index contributed by atoms with van der Waals surface area (Å²) in [6, 6.07) is 63.1. The third kappa shape index (κ3) is 4.70. The Morgan fingerprint density at radius 2 is 0.981 bits per heavy atom. The molecule has 52 heavy (non-hydrogen) atoms. The van der Waals surface area contributed by atoms with Crippen molar-refractivity contribution in [2.45, 2.75) is 0 Å². The van der Waals surface area contributed by atoms with Crippen molar-refractivity contribution in [3.05, 3.63) is 181 Å². The monoisotopic (exact) mass is 663 g/mol. The quantitative estimate of drug-likeness (QED) is 0.184. The number of benzene rings is 7. The maximum absolute atomic E-state index is 9.36. The van der Waals surface area contributed by atoms with Crippen molar-refractivity contribution in [2.75, 3.05) is 0 Å². The number of nitrogens with zero attached hydrogens (tertiary/aromatic N) is 5. The van der Waals surface area contributed by atoms with Gasteiger partial charge in [-0.05, 0) is 60.7 Å². The Kier molecular flexibility index (Phi) is 6.80. The molecule has 5 heteroatoms. The van der Waals surface area contributed by atoms with Gasteiger partial charge in [-0.2, -0.15) is 5.26 Å². The number of fused-ring (bicyclic) bond motifs is 7. The summed E-state index contributed by atoms with van der Waals surface area (Å²) in [7, 11) is 0. The summed E-state index contributed by atoms with van der Waals surface area (Å²) in [5.41, 5.74) is 12.0. The average molecular weight is 664 g/mol. The van der Waals surface area contributed by atoms with Crippen LogP contribution < -0.4 is 0 Å². The van der Waals surface area contributed by atoms with Gasteiger partial charge in [-0.3, -0.25) is 0 Å². The molecule has 0 radical (unpaired) electrons. The summed E-state index contributed by atoms with van der Waals surface area (Å²) in [5, 5.41) is 14.2. The molecule has 0 N–H and O–H groups in total. The minimum absolute atomic E-state index is 0.615. The van der Waals surface area contributed by atoms with Gasteiger partial charge in [-0.15, -0.1) is 0 Å². The molecule has 0 unspecified atom stereocenters. The maximum Gasteiger partial charge on any atom is 0.160 e. The third-order valence-corrected chi connectivity index (χ3v) is 9.97. The van der Waals surface area contributed by atoms with Crippen LogP contribution in [0.15, 0.2) is 176 Å². The SMILES string of the molecule is N#Cc1ccc(-c2cc(-c3ccc(-n4c5ccccc5c5ccc6c(c7ccccc7n6-c6ccccc6)c54)cc3)nc(-c3ccccc3)n2)cc1. The number of para-hydroxylation sites is 3. The fourth-order valence-electron chi connectivity index (χ4n) is 7.59. The molecular weight excluding hydrogens is 635 g/mol. The molecule has 0 aliphatic carbocycles. The van der Waals surface area contributed by atoms with E-state index >= 15 is 0 Å². The van der Waals surface area contributed by atoms with Crippen molar-refractivity contribution >= 4 is 43.6 Å². The smallest absolute Gasteiger partial charge is 0.160 e. The normalized spacial score (nSPS) is 11.4. The Balaban J connectivity index is 1.18. The standard InChI is InChI=1S/C47H29N5/c48-30-31-19-21-32(22-20-31)40-29-41(50-47(49-40)34-11-3-1-4-12-34)33-23-25-36(26-24-33)52-42-17-9-7-15-37(42)38-27-28-44-45(46(38)52)39-16-8-10-18-43(39)51(44)35-13-5-2-6-14-35/h1-29H. The van der Waals surface area contributed by atoms with Gasteiger partial charge in [0.25, 0.3) is 0 Å². The highest BCUT2D eigenvalue weighted by Crippen LogP contribution is 2.42. The van der Waals surface area contributed by atoms with E-state index in [1.54, 1.807) is 0 Å². The van der Waals surface area contributed by atoms with E-state index in [1.807, 2.05) is 60.7 Å². The van der Waals surface area contributed by atoms with E-state index in [0.29, 0.717) is 11.4 Å². The van der Waals surface area contributed by atoms with Crippen LogP contribution in [0.1, 0.15) is 5.56 Å². The van der Waals surface area contributed by atoms with Crippen LogP contribution in [0.5, 0.6) is 0 Å². The zero-order valence-corrected chi connectivity index (χ0v) is 28.0. The molecular formula is C47H29N5. The molecule has 10 rings (SSSR count). The zero-order chi connectivity index (χ0) is 34.6. The second-order valence-corrected chi connectivity index (χ2v) is 13.0. The van der Waals surface area contributed by atoms with Crippen molar-refractivity contribution in [3.8, 4) is 51.3 Å². The molecule has 0 spiro atoms. The zero-order valence-electron chi connectivity index (χ0n) is 28.0. The van der Waals surface area contributed by atoms with Crippen LogP contribution in [0.25, 0.3) is 88.9 Å². The van der Waals surface area contributed by atoms with Crippen molar-refractivity contribution in [1.29, 1.82) is 5.26 Å². The van der Waals surface area contributed by atoms with E-state index < -0.39 is 0 Å². The second kappa shape index (κ2) is 11.9. The Labute approximate surface area is 299 Å². The van der Waals surface area contributed by atoms with Crippen LogP contribution in [-0.4, -0.2) is 19.1 Å². The molecule has 3 aromatic heterocycles. The van der Waals surface area contributed by atoms with Crippen LogP contribution in [0.3, 0.4) is 0 Å². The van der Waals surface area contributed by atoms with Crippen LogP contribution in [0.4, 0.5) is 0 Å². The van der Waals surface area contributed by atoms with Gasteiger partial charge in [0.15, 0.2) is 5.82 Å². The van der Waals surface area contributed by atoms with Gasteiger partial charge in [0, 0.05) is 49.6 Å². The summed E-state index contributed by atoms with van der Waals surface area (Å²) < 4.78 is 4.79. The van der Waals surface area contributed by atoms with E-state index in [9.17, 15) is 5.26 Å². The molecule has 0 fully saturated rings. The van der Waals surface area contributed by atoms with Crippen LogP contribution in [0, 0.1) is 11.3 Å². The molecule has 242 valence electrons. The fraction of sp³-hybridized carbons (Fsp3) is 0. The summed E-state index contributed by atoms with van der Waals surface area (Å²) in [4.78, 5) is 10.0. The molecule has 10 aromatic rings. The van der Waals surface area contributed by atoms with Crippen LogP contribution >= 0.6 is 0 Å². The van der Waals surface area contributed by atoms with E-state index in [-0.39, 0.29) is 0 Å². The molecule has 3 heterocycles. The molecule has 0 bridgehead atoms. The lowest BCUT2D eigenvalue weighted by Crippen LogP contribution is -1.97. The molecule has 0 saturated heterocycles. The average Bonchev–Trinajstić information content (AvgIpc) is 3.74. The first-order chi connectivity index (χ1) is 25.7. The van der Waals surface area contributed by atoms with E-state index in [0.717, 1.165) is 45.0 Å². The topological polar surface area (TPSA) is 59.4 Å². The number of hydrogen-bond donors (Lipinski definition) is 0. The van der Waals surface area contributed by atoms with Crippen molar-refractivity contribution < 1.29 is 0 Å². The Morgan fingerprint density at radius 1 is 0.423 bits per heavy atom. The first-order valence-corrected chi connectivity index (χ1v) is 17.3. The summed E-state index contributed by atoms with van der Waals surface area (Å²) in [6.45, 7) is 0. The summed E-state index contributed by atoms with van der Waals surface area (Å²) in [5.74, 6) is 0.654. The summed E-state index contributed by atoms with van der Waals surface area (Å²) in [6.07, 6.45) is 0. The minimum atomic E-state index is 0.615. The molecule has 7 aromatic carbocycles. The highest BCUT2D eigenvalue weighted by molar-refractivity contribution is 6.26. The lowest BCUT2D eigenvalue weighted by atomic mass is 10.0. The number of hydrogen-bond acceptors (Lipinski definition) is 3. The Bertz CT molecular complexity index is 2990. The molecule has 5 nitrogen and oxygen atoms in total. The van der Waals surface area contributed by atoms with Gasteiger partial charge in [-0.1, -0.05) is 115 Å². The summed E-state index contributed by atoms with van der Waals surface area (Å²) >= 11 is 0. The largest absolute Gasteiger partial charge is 0.309 e. The first kappa shape index (κ1) is 29.6. The van der Waals surface area contributed by atoms with Gasteiger partial charge < -0.3 is 9.13 Å². The minimum Gasteiger partial charge on any atom is -0.309 e. The fourth-order valence-corrected chi connectivity index (χ4v) is 7.59.